The van der Waals surface area contributed by atoms with Crippen LogP contribution in [-0.4, -0.2) is 8.07 Å². The molecule has 128 valence electrons. The summed E-state index contributed by atoms with van der Waals surface area (Å²) in [5.41, 5.74) is 13.3. The molecule has 1 heteroatoms. The monoisotopic (exact) mass is 344 g/mol. The second kappa shape index (κ2) is 5.57. The molecule has 2 unspecified atom stereocenters. The molecule has 0 fully saturated rings. The van der Waals surface area contributed by atoms with Crippen LogP contribution in [0.25, 0.3) is 12.2 Å². The summed E-state index contributed by atoms with van der Waals surface area (Å²) >= 11 is 0. The minimum Gasteiger partial charge on any atom is -0.0679 e. The molecule has 0 aliphatic heterocycles. The lowest BCUT2D eigenvalue weighted by Gasteiger charge is -2.39. The molecule has 2 aromatic carbocycles. The predicted octanol–water partition coefficient (Wildman–Crippen LogP) is 6.79. The Morgan fingerprint density at radius 3 is 1.44 bits per heavy atom. The molecule has 0 aromatic heterocycles. The summed E-state index contributed by atoms with van der Waals surface area (Å²) in [5, 5.41) is 0. The zero-order chi connectivity index (χ0) is 17.9. The van der Waals surface area contributed by atoms with Gasteiger partial charge in [0.15, 0.2) is 0 Å². The quantitative estimate of drug-likeness (QED) is 0.526. The number of hydrogen-bond acceptors (Lipinski definition) is 0. The SMILES string of the molecule is CC1=Cc2c(C)cccc2C1[Si](C)(C)C1C(C)=Cc2c(C)cccc21. The predicted molar refractivity (Wildman–Crippen MR) is 113 cm³/mol. The fraction of sp³-hybridized carbons (Fsp3) is 0.333. The Hall–Kier alpha value is -1.86. The van der Waals surface area contributed by atoms with Crippen molar-refractivity contribution in [3.05, 3.63) is 80.9 Å². The van der Waals surface area contributed by atoms with Crippen molar-refractivity contribution in [3.8, 4) is 0 Å². The largest absolute Gasteiger partial charge is 0.0722 e. The van der Waals surface area contributed by atoms with E-state index >= 15 is 0 Å². The number of benzene rings is 2. The van der Waals surface area contributed by atoms with Crippen LogP contribution in [0.3, 0.4) is 0 Å². The Kier molecular flexibility index (Phi) is 3.70. The first-order chi connectivity index (χ1) is 11.8. The Labute approximate surface area is 153 Å². The van der Waals surface area contributed by atoms with Gasteiger partial charge in [0.1, 0.15) is 0 Å². The summed E-state index contributed by atoms with van der Waals surface area (Å²) in [4.78, 5) is 0. The first-order valence-corrected chi connectivity index (χ1v) is 12.5. The van der Waals surface area contributed by atoms with Crippen molar-refractivity contribution < 1.29 is 0 Å². The van der Waals surface area contributed by atoms with Gasteiger partial charge in [-0.25, -0.2) is 0 Å². The highest BCUT2D eigenvalue weighted by Gasteiger charge is 2.46. The van der Waals surface area contributed by atoms with Crippen LogP contribution in [-0.2, 0) is 0 Å². The highest BCUT2D eigenvalue weighted by molar-refractivity contribution is 6.81. The molecule has 2 aliphatic carbocycles. The van der Waals surface area contributed by atoms with Gasteiger partial charge in [-0.15, -0.1) is 0 Å². The van der Waals surface area contributed by atoms with E-state index in [1.54, 1.807) is 22.3 Å². The van der Waals surface area contributed by atoms with Gasteiger partial charge in [-0.05, 0) is 61.1 Å². The van der Waals surface area contributed by atoms with Crippen molar-refractivity contribution in [1.82, 2.24) is 0 Å². The fourth-order valence-corrected chi connectivity index (χ4v) is 10.5. The van der Waals surface area contributed by atoms with Crippen LogP contribution in [0, 0.1) is 13.8 Å². The summed E-state index contributed by atoms with van der Waals surface area (Å²) in [6.45, 7) is 14.4. The molecule has 2 atom stereocenters. The highest BCUT2D eigenvalue weighted by Crippen LogP contribution is 2.52. The molecule has 0 saturated carbocycles. The average molecular weight is 345 g/mol. The molecule has 0 spiro atoms. The lowest BCUT2D eigenvalue weighted by molar-refractivity contribution is 0.966. The molecule has 4 rings (SSSR count). The van der Waals surface area contributed by atoms with Crippen molar-refractivity contribution in [2.45, 2.75) is 51.9 Å². The Balaban J connectivity index is 1.86. The number of allylic oxidation sites excluding steroid dienone is 2. The second-order valence-electron chi connectivity index (χ2n) is 8.62. The smallest absolute Gasteiger partial charge is 0.0679 e. The fourth-order valence-electron chi connectivity index (χ4n) is 5.56. The minimum atomic E-state index is -1.65. The van der Waals surface area contributed by atoms with Gasteiger partial charge in [-0.3, -0.25) is 0 Å². The molecule has 0 radical (unpaired) electrons. The molecule has 0 bridgehead atoms. The second-order valence-corrected chi connectivity index (χ2v) is 13.4. The molecule has 2 aliphatic rings. The summed E-state index contributed by atoms with van der Waals surface area (Å²) in [6.07, 6.45) is 4.91. The Morgan fingerprint density at radius 2 is 1.04 bits per heavy atom. The first-order valence-electron chi connectivity index (χ1n) is 9.37. The summed E-state index contributed by atoms with van der Waals surface area (Å²) in [6, 6.07) is 13.7. The van der Waals surface area contributed by atoms with Crippen molar-refractivity contribution in [2.75, 3.05) is 0 Å². The lowest BCUT2D eigenvalue weighted by atomic mass is 10.0. The molecule has 0 N–H and O–H groups in total. The maximum absolute atomic E-state index is 2.60. The van der Waals surface area contributed by atoms with E-state index in [0.29, 0.717) is 11.1 Å². The summed E-state index contributed by atoms with van der Waals surface area (Å²) in [7, 11) is -1.65. The van der Waals surface area contributed by atoms with Gasteiger partial charge in [0.2, 0.25) is 0 Å². The van der Waals surface area contributed by atoms with Gasteiger partial charge in [0, 0.05) is 11.1 Å². The van der Waals surface area contributed by atoms with Crippen molar-refractivity contribution in [3.63, 3.8) is 0 Å². The lowest BCUT2D eigenvalue weighted by Crippen LogP contribution is -2.42. The topological polar surface area (TPSA) is 0 Å². The van der Waals surface area contributed by atoms with E-state index in [0.717, 1.165) is 0 Å². The van der Waals surface area contributed by atoms with E-state index in [1.165, 1.54) is 22.3 Å². The van der Waals surface area contributed by atoms with Gasteiger partial charge in [0.25, 0.3) is 0 Å². The number of fused-ring (bicyclic) bond motifs is 2. The third-order valence-corrected chi connectivity index (χ3v) is 11.0. The van der Waals surface area contributed by atoms with Crippen LogP contribution < -0.4 is 0 Å². The van der Waals surface area contributed by atoms with E-state index in [2.05, 4.69) is 89.3 Å². The van der Waals surface area contributed by atoms with Crippen LogP contribution >= 0.6 is 0 Å². The van der Waals surface area contributed by atoms with E-state index in [1.807, 2.05) is 0 Å². The van der Waals surface area contributed by atoms with E-state index < -0.39 is 8.07 Å². The Morgan fingerprint density at radius 1 is 0.640 bits per heavy atom. The average Bonchev–Trinajstić information content (AvgIpc) is 3.06. The van der Waals surface area contributed by atoms with Gasteiger partial charge < -0.3 is 0 Å². The maximum Gasteiger partial charge on any atom is 0.0722 e. The zero-order valence-electron chi connectivity index (χ0n) is 16.3. The molecule has 0 nitrogen and oxygen atoms in total. The normalized spacial score (nSPS) is 21.7. The van der Waals surface area contributed by atoms with Crippen LogP contribution in [0.4, 0.5) is 0 Å². The Bertz CT molecular complexity index is 852. The van der Waals surface area contributed by atoms with Gasteiger partial charge in [-0.1, -0.05) is 72.8 Å². The molecule has 0 heterocycles. The first kappa shape index (κ1) is 16.6. The molecule has 0 amide bonds. The maximum atomic E-state index is 2.60. The van der Waals surface area contributed by atoms with Crippen LogP contribution in [0.2, 0.25) is 13.1 Å². The number of aryl methyl sites for hydroxylation is 2. The third kappa shape index (κ3) is 2.32. The zero-order valence-corrected chi connectivity index (χ0v) is 17.3. The number of hydrogen-bond donors (Lipinski definition) is 0. The minimum absolute atomic E-state index is 0.613. The standard InChI is InChI=1S/C24H28Si/c1-15-9-7-11-19-21(15)13-17(3)23(19)25(5,6)24-18(4)14-22-16(2)10-8-12-20(22)24/h7-14,23-24H,1-6H3. The molecular formula is C24H28Si. The van der Waals surface area contributed by atoms with E-state index in [9.17, 15) is 0 Å². The summed E-state index contributed by atoms with van der Waals surface area (Å²) < 4.78 is 0. The van der Waals surface area contributed by atoms with Crippen LogP contribution in [0.15, 0.2) is 47.5 Å². The molecular weight excluding hydrogens is 316 g/mol. The van der Waals surface area contributed by atoms with Crippen molar-refractivity contribution in [2.24, 2.45) is 0 Å². The van der Waals surface area contributed by atoms with E-state index in [4.69, 9.17) is 0 Å². The van der Waals surface area contributed by atoms with Crippen LogP contribution in [0.1, 0.15) is 58.3 Å². The summed E-state index contributed by atoms with van der Waals surface area (Å²) in [5.74, 6) is 0. The molecule has 25 heavy (non-hydrogen) atoms. The molecule has 2 aromatic rings. The number of rotatable bonds is 2. The van der Waals surface area contributed by atoms with Crippen LogP contribution in [0.5, 0.6) is 0 Å². The van der Waals surface area contributed by atoms with Gasteiger partial charge in [0.05, 0.1) is 8.07 Å². The van der Waals surface area contributed by atoms with Gasteiger partial charge in [-0.2, -0.15) is 0 Å². The van der Waals surface area contributed by atoms with Crippen molar-refractivity contribution >= 4 is 20.2 Å². The third-order valence-electron chi connectivity index (χ3n) is 6.48. The molecule has 0 saturated heterocycles. The van der Waals surface area contributed by atoms with E-state index in [-0.39, 0.29) is 0 Å². The highest BCUT2D eigenvalue weighted by atomic mass is 28.3. The van der Waals surface area contributed by atoms with Crippen molar-refractivity contribution in [1.29, 1.82) is 0 Å². The van der Waals surface area contributed by atoms with Gasteiger partial charge >= 0.3 is 0 Å².